The summed E-state index contributed by atoms with van der Waals surface area (Å²) in [6, 6.07) is 23.3. The third kappa shape index (κ3) is 7.91. The van der Waals surface area contributed by atoms with Crippen molar-refractivity contribution in [2.45, 2.75) is 11.8 Å². The van der Waals surface area contributed by atoms with E-state index >= 15 is 0 Å². The molecule has 0 bridgehead atoms. The van der Waals surface area contributed by atoms with Crippen molar-refractivity contribution in [2.24, 2.45) is 0 Å². The molecule has 0 fully saturated rings. The number of ether oxygens (including phenoxy) is 3. The van der Waals surface area contributed by atoms with Gasteiger partial charge in [0, 0.05) is 29.9 Å². The van der Waals surface area contributed by atoms with E-state index in [1.807, 2.05) is 0 Å². The van der Waals surface area contributed by atoms with Crippen molar-refractivity contribution in [2.75, 3.05) is 30.4 Å². The first-order valence-corrected chi connectivity index (χ1v) is 17.2. The number of rotatable bonds is 12. The van der Waals surface area contributed by atoms with Gasteiger partial charge in [0.2, 0.25) is 0 Å². The van der Waals surface area contributed by atoms with Gasteiger partial charge in [0.05, 0.1) is 29.3 Å². The van der Waals surface area contributed by atoms with Gasteiger partial charge in [-0.1, -0.05) is 41.9 Å². The van der Waals surface area contributed by atoms with Crippen LogP contribution in [0.3, 0.4) is 0 Å². The van der Waals surface area contributed by atoms with Crippen LogP contribution in [0.25, 0.3) is 0 Å². The van der Waals surface area contributed by atoms with Crippen molar-refractivity contribution >= 4 is 62.0 Å². The largest absolute Gasteiger partial charge is 0.493 e. The minimum Gasteiger partial charge on any atom is -0.493 e. The first kappa shape index (κ1) is 35.1. The molecule has 14 heteroatoms. The quantitative estimate of drug-likeness (QED) is 0.0798. The Morgan fingerprint density at radius 1 is 0.878 bits per heavy atom. The van der Waals surface area contributed by atoms with Crippen LogP contribution in [0, 0.1) is 5.82 Å². The van der Waals surface area contributed by atoms with Gasteiger partial charge in [-0.2, -0.15) is 0 Å². The predicted molar refractivity (Wildman–Crippen MR) is 185 cm³/mol. The van der Waals surface area contributed by atoms with Gasteiger partial charge in [0.25, 0.3) is 15.9 Å². The number of anilines is 2. The predicted octanol–water partition coefficient (Wildman–Crippen LogP) is 7.48. The smallest absolute Gasteiger partial charge is 0.343 e. The Bertz CT molecular complexity index is 2140. The zero-order valence-electron chi connectivity index (χ0n) is 26.2. The summed E-state index contributed by atoms with van der Waals surface area (Å²) in [5.41, 5.74) is 0.720. The van der Waals surface area contributed by atoms with Crippen molar-refractivity contribution in [3.8, 4) is 17.2 Å². The molecule has 1 amide bonds. The molecule has 0 aliphatic rings. The summed E-state index contributed by atoms with van der Waals surface area (Å²) in [5.74, 6) is -2.10. The van der Waals surface area contributed by atoms with Gasteiger partial charge < -0.3 is 19.5 Å². The minimum absolute atomic E-state index is 0.0152. The summed E-state index contributed by atoms with van der Waals surface area (Å²) in [5, 5.41) is 2.45. The number of thiophene rings is 1. The third-order valence-electron chi connectivity index (χ3n) is 7.08. The molecule has 1 aromatic heterocycles. The van der Waals surface area contributed by atoms with Gasteiger partial charge in [-0.15, -0.1) is 11.3 Å². The molecular formula is C35H28ClFN2O8S2. The van der Waals surface area contributed by atoms with E-state index < -0.39 is 27.7 Å². The maximum atomic E-state index is 14.7. The molecule has 0 radical (unpaired) electrons. The molecule has 0 unspecified atom stereocenters. The summed E-state index contributed by atoms with van der Waals surface area (Å²) < 4.78 is 59.3. The number of nitrogens with zero attached hydrogens (tertiary/aromatic N) is 1. The molecule has 1 N–H and O–H groups in total. The van der Waals surface area contributed by atoms with E-state index in [9.17, 15) is 27.2 Å². The van der Waals surface area contributed by atoms with Crippen LogP contribution in [0.4, 0.5) is 15.8 Å². The molecule has 10 nitrogen and oxygen atoms in total. The number of carbonyl (C=O) groups excluding carboxylic acids is 3. The molecule has 0 aliphatic heterocycles. The zero-order chi connectivity index (χ0) is 35.3. The number of methoxy groups -OCH3 is 1. The Balaban J connectivity index is 1.33. The number of benzene rings is 4. The van der Waals surface area contributed by atoms with E-state index in [2.05, 4.69) is 5.32 Å². The fraction of sp³-hybridized carbons (Fsp3) is 0.114. The van der Waals surface area contributed by atoms with Gasteiger partial charge in [0.1, 0.15) is 21.3 Å². The highest BCUT2D eigenvalue weighted by atomic mass is 35.5. The van der Waals surface area contributed by atoms with Crippen LogP contribution < -0.4 is 23.8 Å². The number of hydrogen-bond acceptors (Lipinski definition) is 9. The van der Waals surface area contributed by atoms with Crippen LogP contribution in [0.1, 0.15) is 42.9 Å². The summed E-state index contributed by atoms with van der Waals surface area (Å²) >= 11 is 6.89. The van der Waals surface area contributed by atoms with Crippen molar-refractivity contribution in [1.29, 1.82) is 0 Å². The van der Waals surface area contributed by atoms with E-state index in [4.69, 9.17) is 25.8 Å². The first-order valence-electron chi connectivity index (χ1n) is 14.5. The second-order valence-corrected chi connectivity index (χ2v) is 13.9. The summed E-state index contributed by atoms with van der Waals surface area (Å²) in [6.07, 6.45) is 0. The average Bonchev–Trinajstić information content (AvgIpc) is 3.51. The molecule has 0 saturated heterocycles. The van der Waals surface area contributed by atoms with Crippen molar-refractivity contribution < 1.29 is 41.4 Å². The third-order valence-corrected chi connectivity index (χ3v) is 10.3. The van der Waals surface area contributed by atoms with Crippen molar-refractivity contribution in [3.63, 3.8) is 0 Å². The Labute approximate surface area is 290 Å². The van der Waals surface area contributed by atoms with E-state index in [1.165, 1.54) is 56.6 Å². The molecule has 0 aliphatic carbocycles. The second kappa shape index (κ2) is 14.9. The van der Waals surface area contributed by atoms with E-state index in [1.54, 1.807) is 43.3 Å². The molecule has 0 spiro atoms. The minimum atomic E-state index is -4.35. The highest BCUT2D eigenvalue weighted by molar-refractivity contribution is 7.93. The number of carbonyl (C=O) groups is 3. The molecule has 0 atom stereocenters. The molecule has 5 aromatic rings. The topological polar surface area (TPSA) is 128 Å². The molecule has 1 heterocycles. The number of amides is 1. The van der Waals surface area contributed by atoms with E-state index in [0.717, 1.165) is 22.5 Å². The number of nitrogens with one attached hydrogen (secondary N) is 1. The zero-order valence-corrected chi connectivity index (χ0v) is 28.6. The number of esters is 1. The standard InChI is InChI=1S/C35H28ClFN2O8S2/c1-4-46-28-15-12-26(19-29(28)45-3)39(2)49(43,44)30-20-31(36)48-33(30)34(41)38-25-17-23(16-24(37)18-25)35(42)47-27-13-10-22(11-14-27)32(40)21-8-6-5-7-9-21/h5-20H,4H2,1-3H3,(H,38,41). The number of sulfonamides is 1. The van der Waals surface area contributed by atoms with Gasteiger partial charge in [0.15, 0.2) is 17.3 Å². The fourth-order valence-electron chi connectivity index (χ4n) is 4.67. The highest BCUT2D eigenvalue weighted by Crippen LogP contribution is 2.37. The van der Waals surface area contributed by atoms with Crippen LogP contribution in [-0.4, -0.2) is 46.8 Å². The lowest BCUT2D eigenvalue weighted by molar-refractivity contribution is 0.0733. The second-order valence-electron chi connectivity index (χ2n) is 10.3. The molecule has 4 aromatic carbocycles. The molecule has 49 heavy (non-hydrogen) atoms. The Kier molecular flexibility index (Phi) is 10.7. The first-order chi connectivity index (χ1) is 23.4. The maximum absolute atomic E-state index is 14.7. The van der Waals surface area contributed by atoms with E-state index in [0.29, 0.717) is 40.6 Å². The van der Waals surface area contributed by atoms with Crippen LogP contribution in [-0.2, 0) is 10.0 Å². The summed E-state index contributed by atoms with van der Waals surface area (Å²) in [6.45, 7) is 2.17. The fourth-order valence-corrected chi connectivity index (χ4v) is 7.55. The SMILES string of the molecule is CCOc1ccc(N(C)S(=O)(=O)c2cc(Cl)sc2C(=O)Nc2cc(F)cc(C(=O)Oc3ccc(C(=O)c4ccccc4)cc3)c2)cc1OC. The van der Waals surface area contributed by atoms with Crippen LogP contribution in [0.15, 0.2) is 102 Å². The van der Waals surface area contributed by atoms with Crippen molar-refractivity contribution in [1.82, 2.24) is 0 Å². The summed E-state index contributed by atoms with van der Waals surface area (Å²) in [7, 11) is -1.62. The Hall–Kier alpha value is -5.24. The number of ketones is 1. The van der Waals surface area contributed by atoms with Crippen LogP contribution in [0.2, 0.25) is 4.34 Å². The lowest BCUT2D eigenvalue weighted by Crippen LogP contribution is -2.28. The maximum Gasteiger partial charge on any atom is 0.343 e. The van der Waals surface area contributed by atoms with Gasteiger partial charge in [-0.25, -0.2) is 17.6 Å². The Morgan fingerprint density at radius 2 is 1.57 bits per heavy atom. The highest BCUT2D eigenvalue weighted by Gasteiger charge is 2.31. The van der Waals surface area contributed by atoms with E-state index in [-0.39, 0.29) is 42.6 Å². The van der Waals surface area contributed by atoms with Gasteiger partial charge in [-0.05, 0) is 67.6 Å². The number of hydrogen-bond donors (Lipinski definition) is 1. The monoisotopic (exact) mass is 722 g/mol. The molecule has 5 rings (SSSR count). The van der Waals surface area contributed by atoms with Crippen LogP contribution in [0.5, 0.6) is 17.2 Å². The van der Waals surface area contributed by atoms with Gasteiger partial charge >= 0.3 is 5.97 Å². The molecule has 252 valence electrons. The Morgan fingerprint density at radius 3 is 2.24 bits per heavy atom. The van der Waals surface area contributed by atoms with Gasteiger partial charge in [-0.3, -0.25) is 13.9 Å². The normalized spacial score (nSPS) is 11.0. The number of halogens is 2. The lowest BCUT2D eigenvalue weighted by atomic mass is 10.0. The van der Waals surface area contributed by atoms with Crippen LogP contribution >= 0.6 is 22.9 Å². The summed E-state index contributed by atoms with van der Waals surface area (Å²) in [4.78, 5) is 38.3. The molecule has 0 saturated carbocycles. The lowest BCUT2D eigenvalue weighted by Gasteiger charge is -2.21. The van der Waals surface area contributed by atoms with Crippen molar-refractivity contribution in [3.05, 3.63) is 129 Å². The average molecular weight is 723 g/mol. The molecular weight excluding hydrogens is 695 g/mol.